The summed E-state index contributed by atoms with van der Waals surface area (Å²) in [6, 6.07) is 3.04. The third-order valence-corrected chi connectivity index (χ3v) is 5.54. The Morgan fingerprint density at radius 1 is 1.14 bits per heavy atom. The first-order chi connectivity index (χ1) is 13.3. The first kappa shape index (κ1) is 22.7. The molecule has 160 valence electrons. The van der Waals surface area contributed by atoms with E-state index in [0.29, 0.717) is 18.3 Å². The Kier molecular flexibility index (Phi) is 6.30. The van der Waals surface area contributed by atoms with Crippen LogP contribution >= 0.6 is 0 Å². The summed E-state index contributed by atoms with van der Waals surface area (Å²) in [5, 5.41) is 5.47. The zero-order chi connectivity index (χ0) is 22.0. The van der Waals surface area contributed by atoms with E-state index in [4.69, 9.17) is 0 Å². The molecule has 29 heavy (non-hydrogen) atoms. The molecule has 2 rings (SSSR count). The highest BCUT2D eigenvalue weighted by atomic mass is 32.2. The maximum atomic E-state index is 13.5. The zero-order valence-electron chi connectivity index (χ0n) is 14.8. The largest absolute Gasteiger partial charge is 0.434 e. The van der Waals surface area contributed by atoms with Crippen molar-refractivity contribution < 1.29 is 39.6 Å². The van der Waals surface area contributed by atoms with Crippen LogP contribution in [0.3, 0.4) is 0 Å². The topological polar surface area (TPSA) is 81.1 Å². The number of rotatable bonds is 6. The molecule has 0 unspecified atom stereocenters. The monoisotopic (exact) mass is 443 g/mol. The number of carbonyl (C=O) groups is 1. The van der Waals surface area contributed by atoms with Gasteiger partial charge in [0.25, 0.3) is 5.91 Å². The third kappa shape index (κ3) is 5.49. The number of sulfone groups is 1. The van der Waals surface area contributed by atoms with Gasteiger partial charge >= 0.3 is 12.4 Å². The Labute approximate surface area is 161 Å². The summed E-state index contributed by atoms with van der Waals surface area (Å²) >= 11 is 0. The SMILES string of the molecule is CCS(=O)(=O)CCNC(=O)c1cnn(-c2cccc(C(F)(F)F)c2)c1C(F)(F)F. The van der Waals surface area contributed by atoms with E-state index < -0.39 is 62.9 Å². The van der Waals surface area contributed by atoms with Crippen molar-refractivity contribution >= 4 is 15.7 Å². The summed E-state index contributed by atoms with van der Waals surface area (Å²) in [6.07, 6.45) is -9.34. The van der Waals surface area contributed by atoms with Crippen molar-refractivity contribution in [3.05, 3.63) is 47.3 Å². The average molecular weight is 443 g/mol. The van der Waals surface area contributed by atoms with Crippen LogP contribution in [0.5, 0.6) is 0 Å². The fourth-order valence-electron chi connectivity index (χ4n) is 2.36. The number of nitrogens with one attached hydrogen (secondary N) is 1. The van der Waals surface area contributed by atoms with Gasteiger partial charge in [0, 0.05) is 12.3 Å². The third-order valence-electron chi connectivity index (χ3n) is 3.84. The van der Waals surface area contributed by atoms with Crippen LogP contribution in [0.1, 0.15) is 28.5 Å². The van der Waals surface area contributed by atoms with Crippen LogP contribution in [0.15, 0.2) is 30.5 Å². The van der Waals surface area contributed by atoms with Crippen molar-refractivity contribution in [2.75, 3.05) is 18.1 Å². The predicted octanol–water partition coefficient (Wildman–Crippen LogP) is 3.07. The number of hydrogen-bond donors (Lipinski definition) is 1. The number of nitrogens with zero attached hydrogens (tertiary/aromatic N) is 2. The highest BCUT2D eigenvalue weighted by molar-refractivity contribution is 7.91. The van der Waals surface area contributed by atoms with Crippen LogP contribution in [-0.4, -0.2) is 42.2 Å². The van der Waals surface area contributed by atoms with Crippen molar-refractivity contribution in [1.82, 2.24) is 15.1 Å². The molecule has 1 N–H and O–H groups in total. The van der Waals surface area contributed by atoms with Gasteiger partial charge in [0.15, 0.2) is 15.5 Å². The number of halogens is 6. The quantitative estimate of drug-likeness (QED) is 0.696. The molecule has 1 aromatic heterocycles. The highest BCUT2D eigenvalue weighted by Gasteiger charge is 2.41. The first-order valence-corrected chi connectivity index (χ1v) is 9.90. The fourth-order valence-corrected chi connectivity index (χ4v) is 3.06. The van der Waals surface area contributed by atoms with Crippen molar-refractivity contribution in [1.29, 1.82) is 0 Å². The lowest BCUT2D eigenvalue weighted by atomic mass is 10.1. The maximum Gasteiger partial charge on any atom is 0.434 e. The van der Waals surface area contributed by atoms with Crippen LogP contribution in [-0.2, 0) is 22.2 Å². The molecule has 6 nitrogen and oxygen atoms in total. The summed E-state index contributed by atoms with van der Waals surface area (Å²) in [7, 11) is -3.46. The van der Waals surface area contributed by atoms with Crippen LogP contribution in [0.4, 0.5) is 26.3 Å². The minimum absolute atomic E-state index is 0.187. The van der Waals surface area contributed by atoms with Gasteiger partial charge in [0.05, 0.1) is 28.8 Å². The second-order valence-electron chi connectivity index (χ2n) is 5.86. The van der Waals surface area contributed by atoms with E-state index >= 15 is 0 Å². The van der Waals surface area contributed by atoms with Gasteiger partial charge in [0.2, 0.25) is 0 Å². The number of carbonyl (C=O) groups excluding carboxylic acids is 1. The van der Waals surface area contributed by atoms with Gasteiger partial charge in [-0.15, -0.1) is 0 Å². The fraction of sp³-hybridized carbons (Fsp3) is 0.375. The van der Waals surface area contributed by atoms with Gasteiger partial charge in [-0.25, -0.2) is 13.1 Å². The van der Waals surface area contributed by atoms with E-state index in [-0.39, 0.29) is 10.4 Å². The predicted molar refractivity (Wildman–Crippen MR) is 90.2 cm³/mol. The summed E-state index contributed by atoms with van der Waals surface area (Å²) in [5.74, 6) is -1.93. The van der Waals surface area contributed by atoms with Crippen molar-refractivity contribution in [3.63, 3.8) is 0 Å². The van der Waals surface area contributed by atoms with E-state index in [1.165, 1.54) is 6.92 Å². The molecule has 0 fully saturated rings. The van der Waals surface area contributed by atoms with Crippen molar-refractivity contribution in [3.8, 4) is 5.69 Å². The molecule has 0 aliphatic carbocycles. The molecule has 0 aliphatic rings. The molecule has 1 heterocycles. The normalized spacial score (nSPS) is 12.8. The molecule has 0 bridgehead atoms. The van der Waals surface area contributed by atoms with Crippen LogP contribution in [0, 0.1) is 0 Å². The average Bonchev–Trinajstić information content (AvgIpc) is 3.06. The number of alkyl halides is 6. The molecule has 0 atom stereocenters. The molecular weight excluding hydrogens is 428 g/mol. The minimum Gasteiger partial charge on any atom is -0.351 e. The van der Waals surface area contributed by atoms with Crippen LogP contribution in [0.2, 0.25) is 0 Å². The number of amides is 1. The molecule has 1 aromatic carbocycles. The molecule has 1 amide bonds. The second kappa shape index (κ2) is 8.05. The molecular formula is C16H15F6N3O3S. The van der Waals surface area contributed by atoms with Gasteiger partial charge in [-0.05, 0) is 18.2 Å². The van der Waals surface area contributed by atoms with E-state index in [1.54, 1.807) is 0 Å². The minimum atomic E-state index is -5.12. The van der Waals surface area contributed by atoms with Gasteiger partial charge < -0.3 is 5.32 Å². The summed E-state index contributed by atoms with van der Waals surface area (Å²) in [5.41, 5.74) is -4.24. The highest BCUT2D eigenvalue weighted by Crippen LogP contribution is 2.35. The Hall–Kier alpha value is -2.57. The van der Waals surface area contributed by atoms with Gasteiger partial charge in [-0.1, -0.05) is 13.0 Å². The molecule has 0 radical (unpaired) electrons. The molecule has 0 saturated carbocycles. The second-order valence-corrected chi connectivity index (χ2v) is 8.33. The summed E-state index contributed by atoms with van der Waals surface area (Å²) < 4.78 is 102. The van der Waals surface area contributed by atoms with Crippen LogP contribution in [0.25, 0.3) is 5.69 Å². The van der Waals surface area contributed by atoms with Gasteiger partial charge in [-0.2, -0.15) is 31.4 Å². The molecule has 0 aliphatic heterocycles. The zero-order valence-corrected chi connectivity index (χ0v) is 15.6. The first-order valence-electron chi connectivity index (χ1n) is 8.07. The lowest BCUT2D eigenvalue weighted by molar-refractivity contribution is -0.143. The summed E-state index contributed by atoms with van der Waals surface area (Å²) in [6.45, 7) is 0.944. The van der Waals surface area contributed by atoms with Gasteiger partial charge in [-0.3, -0.25) is 4.79 Å². The summed E-state index contributed by atoms with van der Waals surface area (Å²) in [4.78, 5) is 12.1. The Balaban J connectivity index is 2.41. The van der Waals surface area contributed by atoms with E-state index in [1.807, 2.05) is 0 Å². The Morgan fingerprint density at radius 2 is 1.79 bits per heavy atom. The van der Waals surface area contributed by atoms with E-state index in [0.717, 1.165) is 12.1 Å². The Bertz CT molecular complexity index is 996. The number of benzene rings is 1. The van der Waals surface area contributed by atoms with Gasteiger partial charge in [0.1, 0.15) is 0 Å². The van der Waals surface area contributed by atoms with Crippen molar-refractivity contribution in [2.24, 2.45) is 0 Å². The molecule has 2 aromatic rings. The lowest BCUT2D eigenvalue weighted by Gasteiger charge is -2.14. The lowest BCUT2D eigenvalue weighted by Crippen LogP contribution is -2.31. The number of hydrogen-bond acceptors (Lipinski definition) is 4. The van der Waals surface area contributed by atoms with E-state index in [2.05, 4.69) is 10.4 Å². The molecule has 13 heteroatoms. The van der Waals surface area contributed by atoms with E-state index in [9.17, 15) is 39.6 Å². The molecule has 0 saturated heterocycles. The molecule has 0 spiro atoms. The maximum absolute atomic E-state index is 13.5. The standard InChI is InChI=1S/C16H15F6N3O3S/c1-2-29(27,28)7-6-23-14(26)12-9-24-25(13(12)16(20,21)22)11-5-3-4-10(8-11)15(17,18)19/h3-5,8-9H,2,6-7H2,1H3,(H,23,26). The smallest absolute Gasteiger partial charge is 0.351 e. The van der Waals surface area contributed by atoms with Crippen LogP contribution < -0.4 is 5.32 Å². The van der Waals surface area contributed by atoms with Crippen molar-refractivity contribution in [2.45, 2.75) is 19.3 Å². The Morgan fingerprint density at radius 3 is 2.34 bits per heavy atom. The number of aromatic nitrogens is 2.